The smallest absolute Gasteiger partial charge is 0.201 e. The molecule has 0 saturated carbocycles. The highest BCUT2D eigenvalue weighted by atomic mass is 32.2. The minimum Gasteiger partial charge on any atom is -0.464 e. The summed E-state index contributed by atoms with van der Waals surface area (Å²) in [6, 6.07) is 7.22. The number of nitrogens with one attached hydrogen (secondary N) is 2. The van der Waals surface area contributed by atoms with Gasteiger partial charge in [0.05, 0.1) is 17.5 Å². The fourth-order valence-corrected chi connectivity index (χ4v) is 3.98. The second-order valence-electron chi connectivity index (χ2n) is 6.56. The topological polar surface area (TPSA) is 88.0 Å². The average Bonchev–Trinajstić information content (AvgIpc) is 3.39. The number of anilines is 1. The lowest BCUT2D eigenvalue weighted by Crippen LogP contribution is -2.13. The molecule has 0 amide bonds. The van der Waals surface area contributed by atoms with Gasteiger partial charge in [-0.05, 0) is 36.8 Å². The van der Waals surface area contributed by atoms with Gasteiger partial charge in [-0.15, -0.1) is 0 Å². The van der Waals surface area contributed by atoms with Crippen molar-refractivity contribution in [3.05, 3.63) is 71.8 Å². The molecule has 3 heterocycles. The summed E-state index contributed by atoms with van der Waals surface area (Å²) in [4.78, 5) is 20.2. The Labute approximate surface area is 172 Å². The fourth-order valence-electron chi connectivity index (χ4n) is 3.10. The maximum Gasteiger partial charge on any atom is 0.201 e. The van der Waals surface area contributed by atoms with E-state index in [1.807, 2.05) is 6.92 Å². The standard InChI is InChI=1S/C21H17F2N3O3S/c1-2-8-30(28)26-16-6-5-15(22)18(19(16)23)20(27)14-11-25-21-13(14)9-12(10-24-21)17-4-3-7-29-17/h3-7,9-11,26H,2,8H2,1H3,(H,24,25). The number of carbonyl (C=O) groups is 1. The molecular weight excluding hydrogens is 412 g/mol. The predicted molar refractivity (Wildman–Crippen MR) is 111 cm³/mol. The van der Waals surface area contributed by atoms with Crippen molar-refractivity contribution in [1.29, 1.82) is 0 Å². The molecule has 1 unspecified atom stereocenters. The molecule has 6 nitrogen and oxygen atoms in total. The van der Waals surface area contributed by atoms with Crippen LogP contribution in [0, 0.1) is 11.6 Å². The van der Waals surface area contributed by atoms with Gasteiger partial charge in [-0.3, -0.25) is 4.79 Å². The van der Waals surface area contributed by atoms with E-state index in [1.54, 1.807) is 24.4 Å². The summed E-state index contributed by atoms with van der Waals surface area (Å²) in [5.74, 6) is -2.10. The quantitative estimate of drug-likeness (QED) is 0.413. The van der Waals surface area contributed by atoms with E-state index in [0.29, 0.717) is 34.5 Å². The molecule has 1 aromatic carbocycles. The Kier molecular flexibility index (Phi) is 5.45. The van der Waals surface area contributed by atoms with Gasteiger partial charge in [0, 0.05) is 34.7 Å². The molecule has 2 N–H and O–H groups in total. The number of ketones is 1. The van der Waals surface area contributed by atoms with Crippen LogP contribution in [0.5, 0.6) is 0 Å². The summed E-state index contributed by atoms with van der Waals surface area (Å²) >= 11 is 0. The minimum absolute atomic E-state index is 0.0653. The number of pyridine rings is 1. The van der Waals surface area contributed by atoms with E-state index in [2.05, 4.69) is 14.7 Å². The Morgan fingerprint density at radius 2 is 2.13 bits per heavy atom. The molecule has 9 heteroatoms. The maximum atomic E-state index is 15.0. The monoisotopic (exact) mass is 429 g/mol. The molecule has 0 fully saturated rings. The van der Waals surface area contributed by atoms with Crippen LogP contribution in [0.15, 0.2) is 53.4 Å². The van der Waals surface area contributed by atoms with Crippen LogP contribution in [-0.2, 0) is 11.0 Å². The number of rotatable bonds is 7. The van der Waals surface area contributed by atoms with Crippen molar-refractivity contribution in [2.45, 2.75) is 13.3 Å². The molecule has 154 valence electrons. The van der Waals surface area contributed by atoms with Crippen LogP contribution in [0.1, 0.15) is 29.3 Å². The Balaban J connectivity index is 1.77. The molecule has 1 atom stereocenters. The lowest BCUT2D eigenvalue weighted by molar-refractivity contribution is 0.103. The van der Waals surface area contributed by atoms with E-state index >= 15 is 0 Å². The molecule has 30 heavy (non-hydrogen) atoms. The van der Waals surface area contributed by atoms with Crippen LogP contribution in [-0.4, -0.2) is 25.7 Å². The predicted octanol–water partition coefficient (Wildman–Crippen LogP) is 4.82. The van der Waals surface area contributed by atoms with Crippen molar-refractivity contribution in [1.82, 2.24) is 9.97 Å². The number of H-pyrrole nitrogens is 1. The molecule has 0 spiro atoms. The van der Waals surface area contributed by atoms with Gasteiger partial charge in [0.25, 0.3) is 0 Å². The second-order valence-corrected chi connectivity index (χ2v) is 7.87. The molecule has 0 aliphatic rings. The number of furan rings is 1. The van der Waals surface area contributed by atoms with Crippen molar-refractivity contribution in [2.75, 3.05) is 10.5 Å². The van der Waals surface area contributed by atoms with Crippen LogP contribution in [0.4, 0.5) is 14.5 Å². The number of aromatic amines is 1. The molecule has 3 aromatic heterocycles. The highest BCUT2D eigenvalue weighted by Gasteiger charge is 2.25. The zero-order valence-corrected chi connectivity index (χ0v) is 16.7. The Bertz CT molecular complexity index is 1250. The van der Waals surface area contributed by atoms with Crippen LogP contribution >= 0.6 is 0 Å². The zero-order valence-electron chi connectivity index (χ0n) is 15.9. The van der Waals surface area contributed by atoms with E-state index in [0.717, 1.165) is 12.1 Å². The maximum absolute atomic E-state index is 15.0. The van der Waals surface area contributed by atoms with Crippen molar-refractivity contribution < 1.29 is 22.2 Å². The molecule has 4 aromatic rings. The van der Waals surface area contributed by atoms with E-state index in [1.165, 1.54) is 12.5 Å². The first-order chi connectivity index (χ1) is 14.5. The van der Waals surface area contributed by atoms with Gasteiger partial charge in [-0.1, -0.05) is 6.92 Å². The summed E-state index contributed by atoms with van der Waals surface area (Å²) in [5, 5.41) is 0.403. The van der Waals surface area contributed by atoms with E-state index < -0.39 is 34.0 Å². The van der Waals surface area contributed by atoms with Gasteiger partial charge in [-0.25, -0.2) is 18.0 Å². The summed E-state index contributed by atoms with van der Waals surface area (Å²) in [6.45, 7) is 1.83. The van der Waals surface area contributed by atoms with Crippen LogP contribution in [0.2, 0.25) is 0 Å². The number of carbonyl (C=O) groups excluding carboxylic acids is 1. The first kappa shape index (κ1) is 20.0. The van der Waals surface area contributed by atoms with Crippen molar-refractivity contribution in [3.63, 3.8) is 0 Å². The Morgan fingerprint density at radius 3 is 2.87 bits per heavy atom. The second kappa shape index (κ2) is 8.19. The van der Waals surface area contributed by atoms with Gasteiger partial charge < -0.3 is 14.1 Å². The van der Waals surface area contributed by atoms with Gasteiger partial charge in [0.15, 0.2) is 5.82 Å². The van der Waals surface area contributed by atoms with Gasteiger partial charge >= 0.3 is 0 Å². The lowest BCUT2D eigenvalue weighted by Gasteiger charge is -2.10. The zero-order chi connectivity index (χ0) is 21.3. The number of halogens is 2. The molecule has 0 saturated heterocycles. The summed E-state index contributed by atoms with van der Waals surface area (Å²) in [6.07, 6.45) is 5.06. The number of hydrogen-bond acceptors (Lipinski definition) is 4. The van der Waals surface area contributed by atoms with Crippen LogP contribution in [0.3, 0.4) is 0 Å². The highest BCUT2D eigenvalue weighted by molar-refractivity contribution is 7.86. The molecule has 4 rings (SSSR count). The lowest BCUT2D eigenvalue weighted by atomic mass is 10.0. The number of fused-ring (bicyclic) bond motifs is 1. The van der Waals surface area contributed by atoms with Crippen molar-refractivity contribution in [3.8, 4) is 11.3 Å². The van der Waals surface area contributed by atoms with Crippen LogP contribution < -0.4 is 4.72 Å². The van der Waals surface area contributed by atoms with Crippen molar-refractivity contribution >= 4 is 33.5 Å². The largest absolute Gasteiger partial charge is 0.464 e. The van der Waals surface area contributed by atoms with E-state index in [4.69, 9.17) is 4.42 Å². The minimum atomic E-state index is -1.54. The third-order valence-electron chi connectivity index (χ3n) is 4.51. The number of nitrogens with zero attached hydrogens (tertiary/aromatic N) is 1. The third-order valence-corrected chi connectivity index (χ3v) is 5.74. The number of hydrogen-bond donors (Lipinski definition) is 2. The molecular formula is C21H17F2N3O3S. The van der Waals surface area contributed by atoms with Crippen molar-refractivity contribution in [2.24, 2.45) is 0 Å². The number of aromatic nitrogens is 2. The van der Waals surface area contributed by atoms with E-state index in [-0.39, 0.29) is 11.3 Å². The Hall–Kier alpha value is -3.33. The third kappa shape index (κ3) is 3.63. The van der Waals surface area contributed by atoms with Gasteiger partial charge in [0.1, 0.15) is 28.2 Å². The van der Waals surface area contributed by atoms with E-state index in [9.17, 15) is 17.8 Å². The molecule has 0 bridgehead atoms. The normalized spacial score (nSPS) is 12.2. The molecule has 0 aliphatic heterocycles. The highest BCUT2D eigenvalue weighted by Crippen LogP contribution is 2.29. The van der Waals surface area contributed by atoms with Gasteiger partial charge in [-0.2, -0.15) is 0 Å². The average molecular weight is 429 g/mol. The number of benzene rings is 1. The first-order valence-corrected chi connectivity index (χ1v) is 10.5. The molecule has 0 radical (unpaired) electrons. The SMILES string of the molecule is CCCS(=O)Nc1ccc(F)c(C(=O)c2c[nH]c3ncc(-c4ccco4)cc23)c1F. The van der Waals surface area contributed by atoms with Crippen LogP contribution in [0.25, 0.3) is 22.4 Å². The first-order valence-electron chi connectivity index (χ1n) is 9.18. The summed E-state index contributed by atoms with van der Waals surface area (Å²) < 4.78 is 49.2. The fraction of sp³-hybridized carbons (Fsp3) is 0.143. The molecule has 0 aliphatic carbocycles. The summed E-state index contributed by atoms with van der Waals surface area (Å²) in [7, 11) is -1.54. The Morgan fingerprint density at radius 1 is 1.30 bits per heavy atom. The summed E-state index contributed by atoms with van der Waals surface area (Å²) in [5.41, 5.74) is 0.161. The van der Waals surface area contributed by atoms with Gasteiger partial charge in [0.2, 0.25) is 5.78 Å².